The minimum Gasteiger partial charge on any atom is -0.423 e. The van der Waals surface area contributed by atoms with Gasteiger partial charge in [0.15, 0.2) is 0 Å². The van der Waals surface area contributed by atoms with E-state index >= 15 is 0 Å². The largest absolute Gasteiger partial charge is 0.491 e. The Labute approximate surface area is 106 Å². The maximum atomic E-state index is 13.0. The van der Waals surface area contributed by atoms with Gasteiger partial charge in [0.2, 0.25) is 0 Å². The zero-order valence-electron chi connectivity index (χ0n) is 10.9. The first-order chi connectivity index (χ1) is 8.03. The molecule has 0 radical (unpaired) electrons. The lowest BCUT2D eigenvalue weighted by atomic mass is 9.76. The number of halogens is 2. The SMILES string of the molecule is CC(C)(O)C(C)(C)OB(O)c1cc(F)cc(F)c1. The lowest BCUT2D eigenvalue weighted by Crippen LogP contribution is -2.53. The van der Waals surface area contributed by atoms with Crippen molar-refractivity contribution in [1.82, 2.24) is 0 Å². The predicted molar refractivity (Wildman–Crippen MR) is 65.4 cm³/mol. The van der Waals surface area contributed by atoms with Crippen molar-refractivity contribution in [3.63, 3.8) is 0 Å². The summed E-state index contributed by atoms with van der Waals surface area (Å²) in [6, 6.07) is 2.67. The van der Waals surface area contributed by atoms with Crippen molar-refractivity contribution >= 4 is 12.6 Å². The zero-order chi connectivity index (χ0) is 14.1. The number of hydrogen-bond donors (Lipinski definition) is 2. The molecular weight excluding hydrogens is 241 g/mol. The summed E-state index contributed by atoms with van der Waals surface area (Å²) >= 11 is 0. The Balaban J connectivity index is 2.92. The molecule has 3 nitrogen and oxygen atoms in total. The van der Waals surface area contributed by atoms with Gasteiger partial charge in [-0.25, -0.2) is 8.78 Å². The van der Waals surface area contributed by atoms with E-state index in [0.717, 1.165) is 12.1 Å². The zero-order valence-corrected chi connectivity index (χ0v) is 10.9. The van der Waals surface area contributed by atoms with Gasteiger partial charge in [-0.2, -0.15) is 0 Å². The van der Waals surface area contributed by atoms with Crippen LogP contribution in [0.15, 0.2) is 18.2 Å². The van der Waals surface area contributed by atoms with E-state index in [0.29, 0.717) is 6.07 Å². The van der Waals surface area contributed by atoms with E-state index in [-0.39, 0.29) is 5.46 Å². The molecule has 0 spiro atoms. The molecule has 18 heavy (non-hydrogen) atoms. The van der Waals surface area contributed by atoms with Crippen LogP contribution in [0.2, 0.25) is 0 Å². The lowest BCUT2D eigenvalue weighted by Gasteiger charge is -2.38. The van der Waals surface area contributed by atoms with Crippen LogP contribution in [0.1, 0.15) is 27.7 Å². The van der Waals surface area contributed by atoms with Crippen LogP contribution in [0.4, 0.5) is 8.78 Å². The first-order valence-electron chi connectivity index (χ1n) is 5.57. The van der Waals surface area contributed by atoms with Gasteiger partial charge in [-0.05, 0) is 45.3 Å². The fourth-order valence-corrected chi connectivity index (χ4v) is 1.21. The summed E-state index contributed by atoms with van der Waals surface area (Å²) in [6.07, 6.45) is 0. The van der Waals surface area contributed by atoms with E-state index in [4.69, 9.17) is 4.65 Å². The summed E-state index contributed by atoms with van der Waals surface area (Å²) in [7, 11) is -1.52. The molecule has 0 aliphatic rings. The Morgan fingerprint density at radius 3 is 1.89 bits per heavy atom. The van der Waals surface area contributed by atoms with Crippen molar-refractivity contribution in [2.45, 2.75) is 38.9 Å². The van der Waals surface area contributed by atoms with Gasteiger partial charge in [-0.1, -0.05) is 0 Å². The van der Waals surface area contributed by atoms with Gasteiger partial charge >= 0.3 is 7.12 Å². The Bertz CT molecular complexity index is 410. The van der Waals surface area contributed by atoms with E-state index < -0.39 is 30.0 Å². The van der Waals surface area contributed by atoms with Gasteiger partial charge in [0.25, 0.3) is 0 Å². The van der Waals surface area contributed by atoms with Crippen LogP contribution in [0.5, 0.6) is 0 Å². The second kappa shape index (κ2) is 4.95. The van der Waals surface area contributed by atoms with Gasteiger partial charge in [-0.15, -0.1) is 0 Å². The molecule has 0 aliphatic carbocycles. The average Bonchev–Trinajstić information content (AvgIpc) is 2.13. The monoisotopic (exact) mass is 258 g/mol. The molecule has 0 aromatic heterocycles. The highest BCUT2D eigenvalue weighted by atomic mass is 19.1. The molecule has 0 saturated carbocycles. The second-order valence-electron chi connectivity index (χ2n) is 5.24. The normalized spacial score (nSPS) is 12.7. The standard InChI is InChI=1S/C12H17BF2O3/c1-11(2,16)12(3,4)18-13(17)8-5-9(14)7-10(15)6-8/h5-7,16-17H,1-4H3. The number of rotatable bonds is 4. The fourth-order valence-electron chi connectivity index (χ4n) is 1.21. The first-order valence-corrected chi connectivity index (χ1v) is 5.57. The molecule has 0 unspecified atom stereocenters. The van der Waals surface area contributed by atoms with E-state index in [2.05, 4.69) is 0 Å². The van der Waals surface area contributed by atoms with Crippen molar-refractivity contribution < 1.29 is 23.6 Å². The highest BCUT2D eigenvalue weighted by molar-refractivity contribution is 6.60. The smallest absolute Gasteiger partial charge is 0.423 e. The third-order valence-corrected chi connectivity index (χ3v) is 3.05. The maximum absolute atomic E-state index is 13.0. The summed E-state index contributed by atoms with van der Waals surface area (Å²) in [6.45, 7) is 6.19. The Hall–Kier alpha value is -0.975. The van der Waals surface area contributed by atoms with Gasteiger partial charge in [0.1, 0.15) is 11.6 Å². The second-order valence-corrected chi connectivity index (χ2v) is 5.24. The van der Waals surface area contributed by atoms with Crippen LogP contribution >= 0.6 is 0 Å². The van der Waals surface area contributed by atoms with Crippen molar-refractivity contribution in [1.29, 1.82) is 0 Å². The van der Waals surface area contributed by atoms with Crippen molar-refractivity contribution in [3.8, 4) is 0 Å². The molecule has 1 aromatic rings. The molecule has 0 saturated heterocycles. The molecule has 2 N–H and O–H groups in total. The van der Waals surface area contributed by atoms with Gasteiger partial charge in [0, 0.05) is 6.07 Å². The topological polar surface area (TPSA) is 49.7 Å². The molecule has 0 bridgehead atoms. The number of benzene rings is 1. The van der Waals surface area contributed by atoms with Gasteiger partial charge in [0.05, 0.1) is 11.2 Å². The Kier molecular flexibility index (Phi) is 4.15. The van der Waals surface area contributed by atoms with Crippen LogP contribution in [0.3, 0.4) is 0 Å². The predicted octanol–water partition coefficient (Wildman–Crippen LogP) is 1.22. The summed E-state index contributed by atoms with van der Waals surface area (Å²) in [4.78, 5) is 0. The van der Waals surface area contributed by atoms with Crippen LogP contribution in [0, 0.1) is 11.6 Å². The molecule has 0 aliphatic heterocycles. The van der Waals surface area contributed by atoms with Gasteiger partial charge < -0.3 is 14.8 Å². The fraction of sp³-hybridized carbons (Fsp3) is 0.500. The average molecular weight is 258 g/mol. The molecule has 0 atom stereocenters. The number of aliphatic hydroxyl groups is 1. The van der Waals surface area contributed by atoms with Crippen LogP contribution < -0.4 is 5.46 Å². The van der Waals surface area contributed by atoms with Crippen LogP contribution in [0.25, 0.3) is 0 Å². The summed E-state index contributed by atoms with van der Waals surface area (Å²) in [5.41, 5.74) is -2.35. The molecule has 0 amide bonds. The van der Waals surface area contributed by atoms with E-state index in [1.54, 1.807) is 13.8 Å². The van der Waals surface area contributed by atoms with Crippen LogP contribution in [-0.4, -0.2) is 28.5 Å². The maximum Gasteiger partial charge on any atom is 0.491 e. The van der Waals surface area contributed by atoms with Crippen LogP contribution in [-0.2, 0) is 4.65 Å². The summed E-state index contributed by atoms with van der Waals surface area (Å²) in [5.74, 6) is -1.59. The van der Waals surface area contributed by atoms with E-state index in [1.165, 1.54) is 13.8 Å². The van der Waals surface area contributed by atoms with Crippen molar-refractivity contribution in [2.75, 3.05) is 0 Å². The summed E-state index contributed by atoms with van der Waals surface area (Å²) in [5, 5.41) is 19.7. The third kappa shape index (κ3) is 3.51. The van der Waals surface area contributed by atoms with Crippen molar-refractivity contribution in [2.24, 2.45) is 0 Å². The van der Waals surface area contributed by atoms with E-state index in [1.807, 2.05) is 0 Å². The Morgan fingerprint density at radius 2 is 1.50 bits per heavy atom. The highest BCUT2D eigenvalue weighted by Crippen LogP contribution is 2.25. The minimum absolute atomic E-state index is 0.0372. The molecule has 0 heterocycles. The van der Waals surface area contributed by atoms with E-state index in [9.17, 15) is 18.9 Å². The third-order valence-electron chi connectivity index (χ3n) is 3.05. The first kappa shape index (κ1) is 15.1. The van der Waals surface area contributed by atoms with Gasteiger partial charge in [-0.3, -0.25) is 0 Å². The lowest BCUT2D eigenvalue weighted by molar-refractivity contribution is -0.0982. The number of hydrogen-bond acceptors (Lipinski definition) is 3. The quantitative estimate of drug-likeness (QED) is 0.798. The van der Waals surface area contributed by atoms with Crippen molar-refractivity contribution in [3.05, 3.63) is 29.8 Å². The minimum atomic E-state index is -1.52. The molecule has 1 rings (SSSR count). The molecule has 1 aromatic carbocycles. The summed E-state index contributed by atoms with van der Waals surface area (Å²) < 4.78 is 31.3. The molecule has 0 fully saturated rings. The molecule has 6 heteroatoms. The highest BCUT2D eigenvalue weighted by Gasteiger charge is 2.39. The molecular formula is C12H17BF2O3. The Morgan fingerprint density at radius 1 is 1.06 bits per heavy atom. The molecule has 100 valence electrons.